The molecule has 114 valence electrons. The van der Waals surface area contributed by atoms with E-state index in [1.165, 1.54) is 19.3 Å². The second-order valence-electron chi connectivity index (χ2n) is 7.72. The maximum atomic E-state index is 12.7. The molecule has 20 heavy (non-hydrogen) atoms. The average molecular weight is 279 g/mol. The van der Waals surface area contributed by atoms with Crippen LogP contribution in [0, 0.1) is 11.8 Å². The molecule has 3 aliphatic rings. The molecule has 0 bridgehead atoms. The first-order valence-corrected chi connectivity index (χ1v) is 8.24. The third-order valence-electron chi connectivity index (χ3n) is 5.55. The van der Waals surface area contributed by atoms with E-state index in [2.05, 4.69) is 35.9 Å². The molecule has 0 aromatic rings. The van der Waals surface area contributed by atoms with Gasteiger partial charge in [-0.05, 0) is 52.0 Å². The molecule has 1 aliphatic carbocycles. The molecule has 2 heterocycles. The number of hydrogen-bond donors (Lipinski definition) is 1. The van der Waals surface area contributed by atoms with Gasteiger partial charge in [-0.15, -0.1) is 0 Å². The molecule has 3 atom stereocenters. The van der Waals surface area contributed by atoms with Crippen molar-refractivity contribution in [1.82, 2.24) is 15.1 Å². The minimum absolute atomic E-state index is 0.115. The third-order valence-corrected chi connectivity index (χ3v) is 5.55. The standard InChI is InChI=1S/C16H29N3O/c1-16(2,3)19-9-7-18(8-10-19)15(20)14-13-6-4-5-12(13)11-17-14/h12-14,17H,4-11H2,1-3H3. The molecule has 1 N–H and O–H groups in total. The van der Waals surface area contributed by atoms with Gasteiger partial charge >= 0.3 is 0 Å². The predicted molar refractivity (Wildman–Crippen MR) is 80.5 cm³/mol. The fraction of sp³-hybridized carbons (Fsp3) is 0.938. The Morgan fingerprint density at radius 1 is 1.10 bits per heavy atom. The number of nitrogens with one attached hydrogen (secondary N) is 1. The predicted octanol–water partition coefficient (Wildman–Crippen LogP) is 1.32. The van der Waals surface area contributed by atoms with Gasteiger partial charge < -0.3 is 10.2 Å². The van der Waals surface area contributed by atoms with Crippen LogP contribution in [0.15, 0.2) is 0 Å². The minimum Gasteiger partial charge on any atom is -0.339 e. The highest BCUT2D eigenvalue weighted by atomic mass is 16.2. The lowest BCUT2D eigenvalue weighted by molar-refractivity contribution is -0.136. The maximum Gasteiger partial charge on any atom is 0.240 e. The van der Waals surface area contributed by atoms with E-state index in [1.54, 1.807) is 0 Å². The summed E-state index contributed by atoms with van der Waals surface area (Å²) in [5.74, 6) is 1.75. The number of piperazine rings is 1. The number of nitrogens with zero attached hydrogens (tertiary/aromatic N) is 2. The van der Waals surface area contributed by atoms with Gasteiger partial charge in [0, 0.05) is 31.7 Å². The number of rotatable bonds is 1. The van der Waals surface area contributed by atoms with Crippen molar-refractivity contribution < 1.29 is 4.79 Å². The Morgan fingerprint density at radius 2 is 1.80 bits per heavy atom. The van der Waals surface area contributed by atoms with E-state index in [-0.39, 0.29) is 11.6 Å². The number of amides is 1. The topological polar surface area (TPSA) is 35.6 Å². The Morgan fingerprint density at radius 3 is 2.45 bits per heavy atom. The summed E-state index contributed by atoms with van der Waals surface area (Å²) in [7, 11) is 0. The molecular formula is C16H29N3O. The normalized spacial score (nSPS) is 35.4. The summed E-state index contributed by atoms with van der Waals surface area (Å²) in [6.07, 6.45) is 3.88. The highest BCUT2D eigenvalue weighted by Crippen LogP contribution is 2.38. The molecule has 0 spiro atoms. The monoisotopic (exact) mass is 279 g/mol. The summed E-state index contributed by atoms with van der Waals surface area (Å²) in [5.41, 5.74) is 0.220. The fourth-order valence-corrected chi connectivity index (χ4v) is 4.25. The second-order valence-corrected chi connectivity index (χ2v) is 7.72. The molecule has 0 aromatic carbocycles. The van der Waals surface area contributed by atoms with Crippen molar-refractivity contribution in [2.24, 2.45) is 11.8 Å². The number of fused-ring (bicyclic) bond motifs is 1. The largest absolute Gasteiger partial charge is 0.339 e. The van der Waals surface area contributed by atoms with E-state index < -0.39 is 0 Å². The molecule has 1 saturated carbocycles. The summed E-state index contributed by atoms with van der Waals surface area (Å²) >= 11 is 0. The Kier molecular flexibility index (Phi) is 3.80. The summed E-state index contributed by atoms with van der Waals surface area (Å²) < 4.78 is 0. The van der Waals surface area contributed by atoms with Crippen molar-refractivity contribution in [2.45, 2.75) is 51.6 Å². The number of carbonyl (C=O) groups is 1. The highest BCUT2D eigenvalue weighted by molar-refractivity contribution is 5.83. The molecule has 0 radical (unpaired) electrons. The van der Waals surface area contributed by atoms with Crippen LogP contribution in [0.4, 0.5) is 0 Å². The first-order chi connectivity index (χ1) is 9.47. The highest BCUT2D eigenvalue weighted by Gasteiger charge is 2.44. The van der Waals surface area contributed by atoms with Gasteiger partial charge in [0.05, 0.1) is 6.04 Å². The minimum atomic E-state index is 0.115. The van der Waals surface area contributed by atoms with Gasteiger partial charge in [0.1, 0.15) is 0 Å². The van der Waals surface area contributed by atoms with Crippen LogP contribution in [-0.4, -0.2) is 60.0 Å². The Labute approximate surface area is 122 Å². The molecule has 3 fully saturated rings. The van der Waals surface area contributed by atoms with Gasteiger partial charge in [-0.2, -0.15) is 0 Å². The van der Waals surface area contributed by atoms with Gasteiger partial charge in [0.25, 0.3) is 0 Å². The van der Waals surface area contributed by atoms with Gasteiger partial charge in [0.15, 0.2) is 0 Å². The summed E-state index contributed by atoms with van der Waals surface area (Å²) in [4.78, 5) is 17.3. The van der Waals surface area contributed by atoms with Crippen LogP contribution in [0.3, 0.4) is 0 Å². The van der Waals surface area contributed by atoms with Crippen molar-refractivity contribution in [3.8, 4) is 0 Å². The molecule has 2 saturated heterocycles. The molecule has 0 aromatic heterocycles. The van der Waals surface area contributed by atoms with E-state index in [4.69, 9.17) is 0 Å². The second kappa shape index (κ2) is 5.30. The van der Waals surface area contributed by atoms with E-state index in [0.29, 0.717) is 11.8 Å². The zero-order valence-corrected chi connectivity index (χ0v) is 13.2. The number of carbonyl (C=O) groups excluding carboxylic acids is 1. The molecular weight excluding hydrogens is 250 g/mol. The van der Waals surface area contributed by atoms with Crippen LogP contribution >= 0.6 is 0 Å². The van der Waals surface area contributed by atoms with Crippen LogP contribution in [0.1, 0.15) is 40.0 Å². The van der Waals surface area contributed by atoms with Crippen LogP contribution in [0.5, 0.6) is 0 Å². The van der Waals surface area contributed by atoms with Gasteiger partial charge in [-0.3, -0.25) is 9.69 Å². The number of hydrogen-bond acceptors (Lipinski definition) is 3. The van der Waals surface area contributed by atoms with E-state index >= 15 is 0 Å². The first kappa shape index (κ1) is 14.3. The van der Waals surface area contributed by atoms with Crippen LogP contribution in [0.25, 0.3) is 0 Å². The lowest BCUT2D eigenvalue weighted by Crippen LogP contribution is -2.57. The van der Waals surface area contributed by atoms with Crippen molar-refractivity contribution in [2.75, 3.05) is 32.7 Å². The van der Waals surface area contributed by atoms with E-state index in [1.807, 2.05) is 0 Å². The average Bonchev–Trinajstić information content (AvgIpc) is 2.99. The lowest BCUT2D eigenvalue weighted by atomic mass is 9.93. The van der Waals surface area contributed by atoms with Crippen molar-refractivity contribution in [3.63, 3.8) is 0 Å². The third kappa shape index (κ3) is 2.60. The van der Waals surface area contributed by atoms with Crippen molar-refractivity contribution in [1.29, 1.82) is 0 Å². The molecule has 2 aliphatic heterocycles. The fourth-order valence-electron chi connectivity index (χ4n) is 4.25. The Balaban J connectivity index is 1.57. The molecule has 4 heteroatoms. The van der Waals surface area contributed by atoms with Gasteiger partial charge in [-0.1, -0.05) is 6.42 Å². The molecule has 3 unspecified atom stereocenters. The first-order valence-electron chi connectivity index (χ1n) is 8.24. The molecule has 4 nitrogen and oxygen atoms in total. The molecule has 3 rings (SSSR count). The smallest absolute Gasteiger partial charge is 0.240 e. The summed E-state index contributed by atoms with van der Waals surface area (Å²) in [5, 5.41) is 3.49. The van der Waals surface area contributed by atoms with Crippen LogP contribution in [-0.2, 0) is 4.79 Å². The summed E-state index contributed by atoms with van der Waals surface area (Å²) in [6, 6.07) is 0.115. The van der Waals surface area contributed by atoms with Crippen molar-refractivity contribution >= 4 is 5.91 Å². The van der Waals surface area contributed by atoms with E-state index in [0.717, 1.165) is 38.6 Å². The van der Waals surface area contributed by atoms with Crippen LogP contribution in [0.2, 0.25) is 0 Å². The van der Waals surface area contributed by atoms with Crippen LogP contribution < -0.4 is 5.32 Å². The zero-order chi connectivity index (χ0) is 14.3. The SMILES string of the molecule is CC(C)(C)N1CCN(C(=O)C2NCC3CCCC32)CC1. The molecule has 1 amide bonds. The Hall–Kier alpha value is -0.610. The lowest BCUT2D eigenvalue weighted by Gasteiger charge is -2.43. The quantitative estimate of drug-likeness (QED) is 0.786. The van der Waals surface area contributed by atoms with Gasteiger partial charge in [0.2, 0.25) is 5.91 Å². The Bertz CT molecular complexity index is 368. The zero-order valence-electron chi connectivity index (χ0n) is 13.2. The van der Waals surface area contributed by atoms with E-state index in [9.17, 15) is 4.79 Å². The van der Waals surface area contributed by atoms with Gasteiger partial charge in [-0.25, -0.2) is 0 Å². The maximum absolute atomic E-state index is 12.7. The summed E-state index contributed by atoms with van der Waals surface area (Å²) in [6.45, 7) is 11.6. The van der Waals surface area contributed by atoms with Crippen molar-refractivity contribution in [3.05, 3.63) is 0 Å².